The lowest BCUT2D eigenvalue weighted by molar-refractivity contribution is 0.477. The second-order valence-electron chi connectivity index (χ2n) is 4.21. The van der Waals surface area contributed by atoms with Crippen molar-refractivity contribution >= 4 is 15.7 Å². The Morgan fingerprint density at radius 1 is 1.20 bits per heavy atom. The lowest BCUT2D eigenvalue weighted by Gasteiger charge is -2.10. The van der Waals surface area contributed by atoms with Crippen molar-refractivity contribution in [1.82, 2.24) is 0 Å². The molecule has 0 unspecified atom stereocenters. The van der Waals surface area contributed by atoms with E-state index in [1.165, 1.54) is 30.3 Å². The number of hydrogen-bond acceptors (Lipinski definition) is 4. The maximum absolute atomic E-state index is 12.2. The summed E-state index contributed by atoms with van der Waals surface area (Å²) in [6.45, 7) is 1.66. The van der Waals surface area contributed by atoms with E-state index >= 15 is 0 Å². The maximum Gasteiger partial charge on any atom is 0.262 e. The number of rotatable bonds is 3. The van der Waals surface area contributed by atoms with Crippen LogP contribution in [0, 0.1) is 18.3 Å². The molecule has 0 aliphatic heterocycles. The van der Waals surface area contributed by atoms with Crippen molar-refractivity contribution in [2.24, 2.45) is 0 Å². The number of aryl methyl sites for hydroxylation is 1. The van der Waals surface area contributed by atoms with Crippen molar-refractivity contribution < 1.29 is 13.5 Å². The summed E-state index contributed by atoms with van der Waals surface area (Å²) in [5.41, 5.74) is 1.11. The molecule has 0 atom stereocenters. The van der Waals surface area contributed by atoms with Crippen molar-refractivity contribution in [3.8, 4) is 11.8 Å². The van der Waals surface area contributed by atoms with Crippen LogP contribution in [0.2, 0.25) is 0 Å². The first-order valence-electron chi connectivity index (χ1n) is 5.75. The number of anilines is 1. The van der Waals surface area contributed by atoms with E-state index in [1.54, 1.807) is 19.1 Å². The van der Waals surface area contributed by atoms with E-state index in [-0.39, 0.29) is 16.3 Å². The zero-order valence-corrected chi connectivity index (χ0v) is 11.5. The third-order valence-corrected chi connectivity index (χ3v) is 4.14. The van der Waals surface area contributed by atoms with Crippen LogP contribution in [0.15, 0.2) is 47.4 Å². The van der Waals surface area contributed by atoms with Crippen molar-refractivity contribution in [2.75, 3.05) is 4.72 Å². The molecule has 0 radical (unpaired) electrons. The predicted octanol–water partition coefficient (Wildman–Crippen LogP) is 2.37. The van der Waals surface area contributed by atoms with Gasteiger partial charge in [0.2, 0.25) is 0 Å². The highest BCUT2D eigenvalue weighted by molar-refractivity contribution is 7.92. The Morgan fingerprint density at radius 3 is 2.50 bits per heavy atom. The first-order valence-corrected chi connectivity index (χ1v) is 7.24. The highest BCUT2D eigenvalue weighted by atomic mass is 32.2. The molecule has 0 aromatic heterocycles. The number of hydrogen-bond donors (Lipinski definition) is 2. The van der Waals surface area contributed by atoms with Crippen LogP contribution in [0.4, 0.5) is 5.69 Å². The molecule has 102 valence electrons. The number of sulfonamides is 1. The average Bonchev–Trinajstić information content (AvgIpc) is 2.41. The van der Waals surface area contributed by atoms with Gasteiger partial charge in [-0.15, -0.1) is 0 Å². The van der Waals surface area contributed by atoms with E-state index in [2.05, 4.69) is 4.72 Å². The number of benzene rings is 2. The largest absolute Gasteiger partial charge is 0.506 e. The van der Waals surface area contributed by atoms with Gasteiger partial charge in [0, 0.05) is 0 Å². The predicted molar refractivity (Wildman–Crippen MR) is 74.8 cm³/mol. The summed E-state index contributed by atoms with van der Waals surface area (Å²) < 4.78 is 26.7. The molecule has 0 heterocycles. The molecule has 0 aliphatic carbocycles. The number of phenols is 1. The van der Waals surface area contributed by atoms with Gasteiger partial charge in [0.05, 0.1) is 22.2 Å². The number of para-hydroxylation sites is 2. The molecule has 2 rings (SSSR count). The number of nitriles is 1. The van der Waals surface area contributed by atoms with E-state index in [9.17, 15) is 13.5 Å². The minimum atomic E-state index is -3.80. The molecule has 5 nitrogen and oxygen atoms in total. The van der Waals surface area contributed by atoms with Crippen molar-refractivity contribution in [3.05, 3.63) is 53.6 Å². The second kappa shape index (κ2) is 5.23. The van der Waals surface area contributed by atoms with Gasteiger partial charge in [-0.05, 0) is 42.8 Å². The standard InChI is InChI=1S/C14H12N2O3S/c1-10-8-12(7-6-11(10)9-15)20(18,19)16-13-4-2-3-5-14(13)17/h2-8,16-17H,1H3. The summed E-state index contributed by atoms with van der Waals surface area (Å²) in [5.74, 6) is -0.151. The first kappa shape index (κ1) is 13.9. The molecule has 0 amide bonds. The Labute approximate surface area is 117 Å². The summed E-state index contributed by atoms with van der Waals surface area (Å²) in [4.78, 5) is 0.0391. The van der Waals surface area contributed by atoms with Crippen LogP contribution in [0.3, 0.4) is 0 Å². The molecule has 2 aromatic carbocycles. The van der Waals surface area contributed by atoms with Crippen LogP contribution >= 0.6 is 0 Å². The van der Waals surface area contributed by atoms with Gasteiger partial charge in [-0.1, -0.05) is 12.1 Å². The lowest BCUT2D eigenvalue weighted by Crippen LogP contribution is -2.13. The Hall–Kier alpha value is -2.52. The smallest absolute Gasteiger partial charge is 0.262 e. The van der Waals surface area contributed by atoms with Crippen LogP contribution in [0.5, 0.6) is 5.75 Å². The highest BCUT2D eigenvalue weighted by Crippen LogP contribution is 2.25. The molecule has 0 fully saturated rings. The van der Waals surface area contributed by atoms with E-state index in [4.69, 9.17) is 5.26 Å². The quantitative estimate of drug-likeness (QED) is 0.848. The van der Waals surface area contributed by atoms with Gasteiger partial charge < -0.3 is 5.11 Å². The Bertz CT molecular complexity index is 792. The average molecular weight is 288 g/mol. The SMILES string of the molecule is Cc1cc(S(=O)(=O)Nc2ccccc2O)ccc1C#N. The Balaban J connectivity index is 2.39. The molecule has 0 bridgehead atoms. The maximum atomic E-state index is 12.2. The van der Waals surface area contributed by atoms with Gasteiger partial charge >= 0.3 is 0 Å². The molecule has 0 spiro atoms. The van der Waals surface area contributed by atoms with Gasteiger partial charge in [0.25, 0.3) is 10.0 Å². The van der Waals surface area contributed by atoms with Crippen LogP contribution in [0.25, 0.3) is 0 Å². The number of aromatic hydroxyl groups is 1. The molecular formula is C14H12N2O3S. The lowest BCUT2D eigenvalue weighted by atomic mass is 10.1. The molecule has 6 heteroatoms. The fraction of sp³-hybridized carbons (Fsp3) is 0.0714. The van der Waals surface area contributed by atoms with Crippen molar-refractivity contribution in [1.29, 1.82) is 5.26 Å². The van der Waals surface area contributed by atoms with E-state index in [0.29, 0.717) is 11.1 Å². The minimum absolute atomic E-state index is 0.0391. The number of nitrogens with zero attached hydrogens (tertiary/aromatic N) is 1. The zero-order valence-electron chi connectivity index (χ0n) is 10.7. The van der Waals surface area contributed by atoms with E-state index < -0.39 is 10.0 Å². The monoisotopic (exact) mass is 288 g/mol. The van der Waals surface area contributed by atoms with Gasteiger partial charge in [-0.2, -0.15) is 5.26 Å². The molecule has 2 aromatic rings. The molecule has 0 aliphatic rings. The van der Waals surface area contributed by atoms with Crippen molar-refractivity contribution in [3.63, 3.8) is 0 Å². The summed E-state index contributed by atoms with van der Waals surface area (Å²) in [5, 5.41) is 18.4. The summed E-state index contributed by atoms with van der Waals surface area (Å²) >= 11 is 0. The van der Waals surface area contributed by atoms with E-state index in [0.717, 1.165) is 0 Å². The molecule has 20 heavy (non-hydrogen) atoms. The van der Waals surface area contributed by atoms with Crippen LogP contribution in [-0.2, 0) is 10.0 Å². The Kier molecular flexibility index (Phi) is 3.63. The summed E-state index contributed by atoms with van der Waals surface area (Å²) in [7, 11) is -3.80. The van der Waals surface area contributed by atoms with Gasteiger partial charge in [0.15, 0.2) is 0 Å². The first-order chi connectivity index (χ1) is 9.44. The fourth-order valence-corrected chi connectivity index (χ4v) is 2.85. The number of nitrogens with one attached hydrogen (secondary N) is 1. The second-order valence-corrected chi connectivity index (χ2v) is 5.89. The molecule has 0 saturated carbocycles. The third kappa shape index (κ3) is 2.73. The van der Waals surface area contributed by atoms with Gasteiger partial charge in [-0.25, -0.2) is 8.42 Å². The van der Waals surface area contributed by atoms with Gasteiger partial charge in [-0.3, -0.25) is 4.72 Å². The van der Waals surface area contributed by atoms with Crippen LogP contribution in [-0.4, -0.2) is 13.5 Å². The van der Waals surface area contributed by atoms with Gasteiger partial charge in [0.1, 0.15) is 5.75 Å². The normalized spacial score (nSPS) is 10.8. The molecule has 2 N–H and O–H groups in total. The third-order valence-electron chi connectivity index (χ3n) is 2.78. The molecule has 0 saturated heterocycles. The van der Waals surface area contributed by atoms with E-state index in [1.807, 2.05) is 6.07 Å². The molecular weight excluding hydrogens is 276 g/mol. The fourth-order valence-electron chi connectivity index (χ4n) is 1.69. The van der Waals surface area contributed by atoms with Crippen molar-refractivity contribution in [2.45, 2.75) is 11.8 Å². The topological polar surface area (TPSA) is 90.2 Å². The number of phenolic OH excluding ortho intramolecular Hbond substituents is 1. The van der Waals surface area contributed by atoms with Crippen LogP contribution < -0.4 is 4.72 Å². The summed E-state index contributed by atoms with van der Waals surface area (Å²) in [6.07, 6.45) is 0. The summed E-state index contributed by atoms with van der Waals surface area (Å²) in [6, 6.07) is 12.3. The van der Waals surface area contributed by atoms with Crippen LogP contribution in [0.1, 0.15) is 11.1 Å². The highest BCUT2D eigenvalue weighted by Gasteiger charge is 2.16. The Morgan fingerprint density at radius 2 is 1.90 bits per heavy atom. The zero-order chi connectivity index (χ0) is 14.8. The minimum Gasteiger partial charge on any atom is -0.506 e.